The Morgan fingerprint density at radius 3 is 2.25 bits per heavy atom. The minimum absolute atomic E-state index is 0.00292. The van der Waals surface area contributed by atoms with Gasteiger partial charge in [0.1, 0.15) is 6.10 Å². The molecule has 0 bridgehead atoms. The van der Waals surface area contributed by atoms with Crippen molar-refractivity contribution in [2.45, 2.75) is 57.2 Å². The highest BCUT2D eigenvalue weighted by atomic mass is 19.2. The number of ether oxygens (including phenoxy) is 1. The van der Waals surface area contributed by atoms with E-state index in [-0.39, 0.29) is 11.1 Å². The molecule has 1 N–H and O–H groups in total. The van der Waals surface area contributed by atoms with E-state index in [9.17, 15) is 13.9 Å². The van der Waals surface area contributed by atoms with Crippen LogP contribution in [-0.2, 0) is 4.74 Å². The van der Waals surface area contributed by atoms with Crippen molar-refractivity contribution in [2.24, 2.45) is 0 Å². The molecule has 112 valence electrons. The molecule has 1 aliphatic rings. The van der Waals surface area contributed by atoms with E-state index in [2.05, 4.69) is 0 Å². The van der Waals surface area contributed by atoms with Crippen molar-refractivity contribution >= 4 is 0 Å². The first-order valence-corrected chi connectivity index (χ1v) is 7.19. The molecule has 20 heavy (non-hydrogen) atoms. The Morgan fingerprint density at radius 2 is 1.70 bits per heavy atom. The van der Waals surface area contributed by atoms with Gasteiger partial charge in [0.15, 0.2) is 11.6 Å². The van der Waals surface area contributed by atoms with E-state index in [4.69, 9.17) is 4.74 Å². The number of hydrogen-bond donors (Lipinski definition) is 1. The highest BCUT2D eigenvalue weighted by Gasteiger charge is 2.40. The zero-order valence-electron chi connectivity index (χ0n) is 12.1. The van der Waals surface area contributed by atoms with Crippen molar-refractivity contribution in [3.05, 3.63) is 34.9 Å². The van der Waals surface area contributed by atoms with Gasteiger partial charge in [-0.3, -0.25) is 0 Å². The monoisotopic (exact) mass is 284 g/mol. The third kappa shape index (κ3) is 2.72. The van der Waals surface area contributed by atoms with Crippen molar-refractivity contribution in [3.63, 3.8) is 0 Å². The van der Waals surface area contributed by atoms with Gasteiger partial charge in [-0.25, -0.2) is 8.78 Å². The molecule has 0 aliphatic heterocycles. The number of methoxy groups -OCH3 is 1. The molecule has 0 heterocycles. The van der Waals surface area contributed by atoms with Crippen LogP contribution in [0.1, 0.15) is 55.8 Å². The summed E-state index contributed by atoms with van der Waals surface area (Å²) in [5.41, 5.74) is -0.568. The van der Waals surface area contributed by atoms with Crippen LogP contribution in [0, 0.1) is 18.6 Å². The minimum atomic E-state index is -1.14. The molecule has 2 rings (SSSR count). The SMILES string of the molecule is COC1(C(O)c2ccc(C)c(F)c2F)CCCCCC1. The minimum Gasteiger partial charge on any atom is -0.385 e. The fourth-order valence-corrected chi connectivity index (χ4v) is 3.07. The fourth-order valence-electron chi connectivity index (χ4n) is 3.07. The van der Waals surface area contributed by atoms with Gasteiger partial charge in [-0.1, -0.05) is 37.8 Å². The summed E-state index contributed by atoms with van der Waals surface area (Å²) in [5, 5.41) is 10.6. The van der Waals surface area contributed by atoms with Gasteiger partial charge in [0, 0.05) is 12.7 Å². The molecule has 4 heteroatoms. The molecule has 1 aliphatic carbocycles. The second-order valence-electron chi connectivity index (χ2n) is 5.69. The van der Waals surface area contributed by atoms with Gasteiger partial charge in [0.2, 0.25) is 0 Å². The molecular formula is C16H22F2O2. The number of aryl methyl sites for hydroxylation is 1. The van der Waals surface area contributed by atoms with Gasteiger partial charge >= 0.3 is 0 Å². The maximum atomic E-state index is 14.1. The molecule has 0 spiro atoms. The highest BCUT2D eigenvalue weighted by Crippen LogP contribution is 2.41. The van der Waals surface area contributed by atoms with Crippen LogP contribution in [0.5, 0.6) is 0 Å². The van der Waals surface area contributed by atoms with Gasteiger partial charge in [-0.2, -0.15) is 0 Å². The van der Waals surface area contributed by atoms with Crippen LogP contribution in [0.3, 0.4) is 0 Å². The van der Waals surface area contributed by atoms with E-state index >= 15 is 0 Å². The van der Waals surface area contributed by atoms with E-state index < -0.39 is 23.3 Å². The average Bonchev–Trinajstić information content (AvgIpc) is 2.71. The summed E-state index contributed by atoms with van der Waals surface area (Å²) >= 11 is 0. The Kier molecular flexibility index (Phi) is 4.76. The second kappa shape index (κ2) is 6.19. The Balaban J connectivity index is 2.37. The number of aliphatic hydroxyl groups is 1. The lowest BCUT2D eigenvalue weighted by Gasteiger charge is -2.36. The molecule has 0 radical (unpaired) electrons. The Hall–Kier alpha value is -1.00. The Labute approximate surface area is 118 Å². The molecule has 2 nitrogen and oxygen atoms in total. The standard InChI is InChI=1S/C16H22F2O2/c1-11-7-8-12(14(18)13(11)17)15(19)16(20-2)9-5-3-4-6-10-16/h7-8,15,19H,3-6,9-10H2,1-2H3. The fraction of sp³-hybridized carbons (Fsp3) is 0.625. The predicted octanol–water partition coefficient (Wildman–Crippen LogP) is 4.05. The summed E-state index contributed by atoms with van der Waals surface area (Å²) in [6.45, 7) is 1.51. The van der Waals surface area contributed by atoms with Crippen LogP contribution < -0.4 is 0 Å². The normalized spacial score (nSPS) is 20.4. The quantitative estimate of drug-likeness (QED) is 0.849. The third-order valence-corrected chi connectivity index (χ3v) is 4.45. The van der Waals surface area contributed by atoms with Crippen LogP contribution in [-0.4, -0.2) is 17.8 Å². The number of halogens is 2. The zero-order valence-corrected chi connectivity index (χ0v) is 12.1. The Morgan fingerprint density at radius 1 is 1.10 bits per heavy atom. The molecule has 1 aromatic rings. The molecule has 1 aromatic carbocycles. The predicted molar refractivity (Wildman–Crippen MR) is 73.5 cm³/mol. The van der Waals surface area contributed by atoms with Crippen LogP contribution >= 0.6 is 0 Å². The molecule has 1 unspecified atom stereocenters. The topological polar surface area (TPSA) is 29.5 Å². The smallest absolute Gasteiger partial charge is 0.164 e. The van der Waals surface area contributed by atoms with Crippen LogP contribution in [0.4, 0.5) is 8.78 Å². The summed E-state index contributed by atoms with van der Waals surface area (Å²) in [5.74, 6) is -1.85. The van der Waals surface area contributed by atoms with E-state index in [0.717, 1.165) is 25.7 Å². The molecule has 0 aromatic heterocycles. The van der Waals surface area contributed by atoms with Crippen molar-refractivity contribution in [1.29, 1.82) is 0 Å². The molecule has 0 saturated heterocycles. The molecule has 0 amide bonds. The lowest BCUT2D eigenvalue weighted by atomic mass is 9.84. The van der Waals surface area contributed by atoms with Gasteiger partial charge < -0.3 is 9.84 Å². The van der Waals surface area contributed by atoms with Crippen molar-refractivity contribution < 1.29 is 18.6 Å². The molecule has 1 atom stereocenters. The first-order valence-electron chi connectivity index (χ1n) is 7.19. The zero-order chi connectivity index (χ0) is 14.8. The van der Waals surface area contributed by atoms with E-state index in [1.54, 1.807) is 0 Å². The van der Waals surface area contributed by atoms with Gasteiger partial charge in [-0.05, 0) is 25.3 Å². The first-order chi connectivity index (χ1) is 9.52. The van der Waals surface area contributed by atoms with E-state index in [1.165, 1.54) is 26.2 Å². The number of benzene rings is 1. The van der Waals surface area contributed by atoms with Gasteiger partial charge in [0.05, 0.1) is 5.60 Å². The highest BCUT2D eigenvalue weighted by molar-refractivity contribution is 5.28. The van der Waals surface area contributed by atoms with Crippen molar-refractivity contribution in [3.8, 4) is 0 Å². The summed E-state index contributed by atoms with van der Waals surface area (Å²) < 4.78 is 33.3. The second-order valence-corrected chi connectivity index (χ2v) is 5.69. The van der Waals surface area contributed by atoms with Crippen LogP contribution in [0.15, 0.2) is 12.1 Å². The number of aliphatic hydroxyl groups excluding tert-OH is 1. The molecular weight excluding hydrogens is 262 g/mol. The van der Waals surface area contributed by atoms with Crippen molar-refractivity contribution in [1.82, 2.24) is 0 Å². The summed E-state index contributed by atoms with van der Waals surface area (Å²) in [7, 11) is 1.54. The first kappa shape index (κ1) is 15.4. The maximum Gasteiger partial charge on any atom is 0.164 e. The number of hydrogen-bond acceptors (Lipinski definition) is 2. The van der Waals surface area contributed by atoms with Gasteiger partial charge in [-0.15, -0.1) is 0 Å². The molecule has 1 saturated carbocycles. The molecule has 1 fully saturated rings. The largest absolute Gasteiger partial charge is 0.385 e. The van der Waals surface area contributed by atoms with E-state index in [1.807, 2.05) is 0 Å². The van der Waals surface area contributed by atoms with Crippen LogP contribution in [0.2, 0.25) is 0 Å². The summed E-state index contributed by atoms with van der Waals surface area (Å²) in [6, 6.07) is 2.96. The average molecular weight is 284 g/mol. The lowest BCUT2D eigenvalue weighted by Crippen LogP contribution is -2.38. The third-order valence-electron chi connectivity index (χ3n) is 4.45. The Bertz CT molecular complexity index is 466. The number of rotatable bonds is 3. The van der Waals surface area contributed by atoms with Crippen LogP contribution in [0.25, 0.3) is 0 Å². The van der Waals surface area contributed by atoms with Crippen molar-refractivity contribution in [2.75, 3.05) is 7.11 Å². The van der Waals surface area contributed by atoms with Gasteiger partial charge in [0.25, 0.3) is 0 Å². The summed E-state index contributed by atoms with van der Waals surface area (Å²) in [6.07, 6.45) is 4.23. The van der Waals surface area contributed by atoms with E-state index in [0.29, 0.717) is 12.8 Å². The summed E-state index contributed by atoms with van der Waals surface area (Å²) in [4.78, 5) is 0. The lowest BCUT2D eigenvalue weighted by molar-refractivity contribution is -0.115. The maximum absolute atomic E-state index is 14.1.